The van der Waals surface area contributed by atoms with E-state index in [-0.39, 0.29) is 36.2 Å². The number of rotatable bonds is 4. The van der Waals surface area contributed by atoms with Crippen molar-refractivity contribution in [2.24, 2.45) is 5.73 Å². The molecule has 140 valence electrons. The van der Waals surface area contributed by atoms with E-state index in [2.05, 4.69) is 5.32 Å². The Bertz CT molecular complexity index is 627. The molecular weight excluding hydrogens is 347 g/mol. The van der Waals surface area contributed by atoms with Crippen molar-refractivity contribution < 1.29 is 14.0 Å². The van der Waals surface area contributed by atoms with E-state index in [9.17, 15) is 14.0 Å². The van der Waals surface area contributed by atoms with Crippen molar-refractivity contribution in [2.75, 3.05) is 27.2 Å². The number of primary amides is 1. The first-order valence-corrected chi connectivity index (χ1v) is 8.04. The number of carbonyl (C=O) groups is 2. The van der Waals surface area contributed by atoms with E-state index in [1.165, 1.54) is 12.1 Å². The molecule has 1 aromatic rings. The number of nitrogens with two attached hydrogens (primary N) is 1. The lowest BCUT2D eigenvalue weighted by atomic mass is 9.89. The molecule has 0 aliphatic carbocycles. The maximum Gasteiger partial charge on any atom is 0.315 e. The van der Waals surface area contributed by atoms with E-state index >= 15 is 0 Å². The van der Waals surface area contributed by atoms with Gasteiger partial charge >= 0.3 is 6.03 Å². The van der Waals surface area contributed by atoms with Crippen LogP contribution < -0.4 is 11.1 Å². The summed E-state index contributed by atoms with van der Waals surface area (Å²) in [6.07, 6.45) is 1.22. The number of nitrogens with one attached hydrogen (secondary N) is 1. The van der Waals surface area contributed by atoms with Crippen molar-refractivity contribution >= 4 is 24.3 Å². The molecule has 1 saturated heterocycles. The normalized spacial score (nSPS) is 20.1. The number of aryl methyl sites for hydroxylation is 1. The maximum atomic E-state index is 13.4. The number of likely N-dealkylation sites (N-methyl/N-ethyl adjacent to an activating group) is 1. The van der Waals surface area contributed by atoms with Crippen molar-refractivity contribution in [1.82, 2.24) is 15.1 Å². The Kier molecular flexibility index (Phi) is 7.63. The maximum absolute atomic E-state index is 13.4. The van der Waals surface area contributed by atoms with Gasteiger partial charge in [0.1, 0.15) is 5.82 Å². The van der Waals surface area contributed by atoms with Gasteiger partial charge in [0, 0.05) is 12.6 Å². The van der Waals surface area contributed by atoms with Gasteiger partial charge in [0.2, 0.25) is 5.91 Å². The van der Waals surface area contributed by atoms with Gasteiger partial charge in [0.25, 0.3) is 0 Å². The summed E-state index contributed by atoms with van der Waals surface area (Å²) in [4.78, 5) is 27.1. The minimum absolute atomic E-state index is 0. The largest absolute Gasteiger partial charge is 0.352 e. The molecule has 1 aliphatic heterocycles. The zero-order valence-electron chi connectivity index (χ0n) is 14.8. The van der Waals surface area contributed by atoms with Crippen LogP contribution in [0.4, 0.5) is 9.18 Å². The van der Waals surface area contributed by atoms with Gasteiger partial charge < -0.3 is 20.9 Å². The van der Waals surface area contributed by atoms with Crippen molar-refractivity contribution in [3.8, 4) is 0 Å². The van der Waals surface area contributed by atoms with Crippen LogP contribution in [0.3, 0.4) is 0 Å². The lowest BCUT2D eigenvalue weighted by Gasteiger charge is -2.39. The van der Waals surface area contributed by atoms with Gasteiger partial charge in [-0.2, -0.15) is 0 Å². The summed E-state index contributed by atoms with van der Waals surface area (Å²) in [5.74, 6) is -0.361. The molecule has 2 atom stereocenters. The van der Waals surface area contributed by atoms with E-state index in [0.717, 1.165) is 11.1 Å². The standard InChI is InChI=1S/C17H25FN4O2.ClH/c1-11-8-12(18)4-5-14(11)15-9-13(6-7-22(15)17(19)24)20-16(23)10-21(2)3;/h4-5,8,13,15H,6-7,9-10H2,1-3H3,(H2,19,24)(H,20,23);1H. The molecule has 0 radical (unpaired) electrons. The number of urea groups is 1. The molecule has 1 aliphatic rings. The fourth-order valence-electron chi connectivity index (χ4n) is 3.23. The molecule has 1 aromatic carbocycles. The van der Waals surface area contributed by atoms with Crippen molar-refractivity contribution in [3.05, 3.63) is 35.1 Å². The Hall–Kier alpha value is -1.86. The monoisotopic (exact) mass is 372 g/mol. The van der Waals surface area contributed by atoms with E-state index in [4.69, 9.17) is 5.73 Å². The predicted molar refractivity (Wildman–Crippen MR) is 97.1 cm³/mol. The summed E-state index contributed by atoms with van der Waals surface area (Å²) in [5.41, 5.74) is 7.14. The van der Waals surface area contributed by atoms with Crippen LogP contribution in [0.2, 0.25) is 0 Å². The van der Waals surface area contributed by atoms with Gasteiger partial charge in [0.15, 0.2) is 0 Å². The second-order valence-electron chi connectivity index (χ2n) is 6.57. The fraction of sp³-hybridized carbons (Fsp3) is 0.529. The second kappa shape index (κ2) is 9.01. The van der Waals surface area contributed by atoms with Gasteiger partial charge in [-0.15, -0.1) is 12.4 Å². The summed E-state index contributed by atoms with van der Waals surface area (Å²) in [6, 6.07) is 3.72. The van der Waals surface area contributed by atoms with Crippen LogP contribution in [-0.2, 0) is 4.79 Å². The number of hydrogen-bond donors (Lipinski definition) is 2. The highest BCUT2D eigenvalue weighted by Crippen LogP contribution is 2.33. The number of amides is 3. The van der Waals surface area contributed by atoms with Crippen molar-refractivity contribution in [1.29, 1.82) is 0 Å². The van der Waals surface area contributed by atoms with Gasteiger partial charge in [-0.3, -0.25) is 4.79 Å². The molecule has 1 fully saturated rings. The van der Waals surface area contributed by atoms with Gasteiger partial charge in [-0.05, 0) is 57.1 Å². The first-order chi connectivity index (χ1) is 11.3. The average Bonchev–Trinajstić information content (AvgIpc) is 2.45. The van der Waals surface area contributed by atoms with Gasteiger partial charge in [-0.25, -0.2) is 9.18 Å². The first kappa shape index (κ1) is 21.2. The molecule has 0 bridgehead atoms. The van der Waals surface area contributed by atoms with E-state index in [0.29, 0.717) is 25.9 Å². The van der Waals surface area contributed by atoms with Crippen LogP contribution >= 0.6 is 12.4 Å². The zero-order chi connectivity index (χ0) is 17.9. The number of halogens is 2. The molecular formula is C17H26ClFN4O2. The van der Waals surface area contributed by atoms with Crippen LogP contribution in [0.25, 0.3) is 0 Å². The number of likely N-dealkylation sites (tertiary alicyclic amines) is 1. The highest BCUT2D eigenvalue weighted by atomic mass is 35.5. The Morgan fingerprint density at radius 2 is 2.08 bits per heavy atom. The number of benzene rings is 1. The highest BCUT2D eigenvalue weighted by Gasteiger charge is 2.33. The molecule has 0 aromatic heterocycles. The van der Waals surface area contributed by atoms with Gasteiger partial charge in [0.05, 0.1) is 12.6 Å². The molecule has 0 spiro atoms. The third-order valence-corrected chi connectivity index (χ3v) is 4.30. The van der Waals surface area contributed by atoms with Gasteiger partial charge in [-0.1, -0.05) is 6.07 Å². The minimum atomic E-state index is -0.498. The Morgan fingerprint density at radius 1 is 1.40 bits per heavy atom. The smallest absolute Gasteiger partial charge is 0.315 e. The molecule has 3 N–H and O–H groups in total. The molecule has 1 heterocycles. The lowest BCUT2D eigenvalue weighted by molar-refractivity contribution is -0.122. The van der Waals surface area contributed by atoms with E-state index < -0.39 is 6.03 Å². The topological polar surface area (TPSA) is 78.7 Å². The summed E-state index contributed by atoms with van der Waals surface area (Å²) >= 11 is 0. The third kappa shape index (κ3) is 5.57. The quantitative estimate of drug-likeness (QED) is 0.846. The molecule has 8 heteroatoms. The highest BCUT2D eigenvalue weighted by molar-refractivity contribution is 5.85. The lowest BCUT2D eigenvalue weighted by Crippen LogP contribution is -2.50. The molecule has 6 nitrogen and oxygen atoms in total. The molecule has 2 unspecified atom stereocenters. The van der Waals surface area contributed by atoms with Crippen molar-refractivity contribution in [2.45, 2.75) is 31.8 Å². The predicted octanol–water partition coefficient (Wildman–Crippen LogP) is 1.82. The van der Waals surface area contributed by atoms with Crippen molar-refractivity contribution in [3.63, 3.8) is 0 Å². The Balaban J connectivity index is 0.00000312. The summed E-state index contributed by atoms with van der Waals surface area (Å²) in [5, 5.41) is 3.01. The Labute approximate surface area is 153 Å². The summed E-state index contributed by atoms with van der Waals surface area (Å²) < 4.78 is 13.4. The van der Waals surface area contributed by atoms with Crippen LogP contribution in [0.1, 0.15) is 30.0 Å². The zero-order valence-corrected chi connectivity index (χ0v) is 15.6. The minimum Gasteiger partial charge on any atom is -0.352 e. The molecule has 0 saturated carbocycles. The number of nitrogens with zero attached hydrogens (tertiary/aromatic N) is 2. The number of piperidine rings is 1. The number of hydrogen-bond acceptors (Lipinski definition) is 3. The van der Waals surface area contributed by atoms with Crippen LogP contribution in [-0.4, -0.2) is 55.0 Å². The first-order valence-electron chi connectivity index (χ1n) is 8.04. The third-order valence-electron chi connectivity index (χ3n) is 4.30. The summed E-state index contributed by atoms with van der Waals surface area (Å²) in [6.45, 7) is 2.59. The SMILES string of the molecule is Cc1cc(F)ccc1C1CC(NC(=O)CN(C)C)CCN1C(N)=O.Cl. The number of carbonyl (C=O) groups excluding carboxylic acids is 2. The average molecular weight is 373 g/mol. The molecule has 2 rings (SSSR count). The molecule has 25 heavy (non-hydrogen) atoms. The summed E-state index contributed by atoms with van der Waals surface area (Å²) in [7, 11) is 3.67. The van der Waals surface area contributed by atoms with Crippen LogP contribution in [0, 0.1) is 12.7 Å². The van der Waals surface area contributed by atoms with E-state index in [1.807, 2.05) is 21.0 Å². The van der Waals surface area contributed by atoms with E-state index in [1.54, 1.807) is 15.9 Å². The fourth-order valence-corrected chi connectivity index (χ4v) is 3.23. The van der Waals surface area contributed by atoms with Crippen LogP contribution in [0.15, 0.2) is 18.2 Å². The van der Waals surface area contributed by atoms with Crippen LogP contribution in [0.5, 0.6) is 0 Å². The molecule has 3 amide bonds. The second-order valence-corrected chi connectivity index (χ2v) is 6.57. The Morgan fingerprint density at radius 3 is 2.64 bits per heavy atom.